The van der Waals surface area contributed by atoms with E-state index in [9.17, 15) is 14.4 Å². The summed E-state index contributed by atoms with van der Waals surface area (Å²) in [6.07, 6.45) is 4.58. The third-order valence-electron chi connectivity index (χ3n) is 6.57. The zero-order valence-electron chi connectivity index (χ0n) is 16.6. The Kier molecular flexibility index (Phi) is 4.60. The Morgan fingerprint density at radius 3 is 2.67 bits per heavy atom. The molecular weight excluding hydrogens is 420 g/mol. The fourth-order valence-electron chi connectivity index (χ4n) is 5.05. The topological polar surface area (TPSA) is 57.7 Å². The second-order valence-electron chi connectivity index (χ2n) is 8.10. The van der Waals surface area contributed by atoms with E-state index in [0.29, 0.717) is 16.3 Å². The molecule has 7 heteroatoms. The molecule has 154 valence electrons. The van der Waals surface area contributed by atoms with E-state index in [2.05, 4.69) is 0 Å². The molecule has 1 aromatic carbocycles. The minimum atomic E-state index is -0.714. The lowest BCUT2D eigenvalue weighted by Gasteiger charge is -2.37. The van der Waals surface area contributed by atoms with Crippen molar-refractivity contribution in [3.63, 3.8) is 0 Å². The van der Waals surface area contributed by atoms with E-state index in [0.717, 1.165) is 11.3 Å². The SMILES string of the molecule is CC[C@H](C)N1C(=O)[C@@H]2[C@@H](C1=O)[C@H](C(=O)c1cccs1)N1c3ccc(Cl)cc3C=C[C@H]21. The van der Waals surface area contributed by atoms with Gasteiger partial charge in [0.25, 0.3) is 0 Å². The summed E-state index contributed by atoms with van der Waals surface area (Å²) >= 11 is 7.54. The normalized spacial score (nSPS) is 27.8. The van der Waals surface area contributed by atoms with Crippen molar-refractivity contribution in [1.29, 1.82) is 0 Å². The number of thiophene rings is 1. The number of carbonyl (C=O) groups excluding carboxylic acids is 3. The van der Waals surface area contributed by atoms with Crippen molar-refractivity contribution < 1.29 is 14.4 Å². The van der Waals surface area contributed by atoms with E-state index in [1.807, 2.05) is 54.5 Å². The van der Waals surface area contributed by atoms with Crippen LogP contribution < -0.4 is 4.90 Å². The van der Waals surface area contributed by atoms with Crippen molar-refractivity contribution in [2.45, 2.75) is 38.4 Å². The summed E-state index contributed by atoms with van der Waals surface area (Å²) in [5.74, 6) is -1.74. The van der Waals surface area contributed by atoms with Crippen LogP contribution in [0.15, 0.2) is 41.8 Å². The van der Waals surface area contributed by atoms with Gasteiger partial charge in [-0.3, -0.25) is 19.3 Å². The van der Waals surface area contributed by atoms with Gasteiger partial charge in [0.15, 0.2) is 5.78 Å². The van der Waals surface area contributed by atoms with Crippen molar-refractivity contribution in [2.75, 3.05) is 4.90 Å². The first-order valence-electron chi connectivity index (χ1n) is 10.1. The highest BCUT2D eigenvalue weighted by Gasteiger charge is 2.64. The number of rotatable bonds is 4. The summed E-state index contributed by atoms with van der Waals surface area (Å²) in [7, 11) is 0. The zero-order valence-corrected chi connectivity index (χ0v) is 18.2. The van der Waals surface area contributed by atoms with Crippen molar-refractivity contribution in [1.82, 2.24) is 4.90 Å². The predicted octanol–water partition coefficient (Wildman–Crippen LogP) is 4.27. The molecule has 30 heavy (non-hydrogen) atoms. The predicted molar refractivity (Wildman–Crippen MR) is 118 cm³/mol. The number of likely N-dealkylation sites (tertiary alicyclic amines) is 1. The largest absolute Gasteiger partial charge is 0.352 e. The van der Waals surface area contributed by atoms with E-state index >= 15 is 0 Å². The zero-order chi connectivity index (χ0) is 21.2. The van der Waals surface area contributed by atoms with Gasteiger partial charge in [0.2, 0.25) is 11.8 Å². The Hall–Kier alpha value is -2.44. The molecular formula is C23H21ClN2O3S. The molecule has 0 aliphatic carbocycles. The standard InChI is InChI=1S/C23H21ClN2O3S/c1-3-12(2)25-22(28)18-16-8-6-13-11-14(24)7-9-15(13)26(16)20(19(18)23(25)29)21(27)17-5-4-10-30-17/h4-12,16,18-20H,3H2,1-2H3/t12-,16+,18-,19+,20+/m0/s1. The van der Waals surface area contributed by atoms with Crippen molar-refractivity contribution >= 4 is 52.3 Å². The maximum Gasteiger partial charge on any atom is 0.236 e. The Labute approximate surface area is 183 Å². The van der Waals surface area contributed by atoms with Crippen molar-refractivity contribution in [3.05, 3.63) is 57.3 Å². The highest BCUT2D eigenvalue weighted by atomic mass is 35.5. The van der Waals surface area contributed by atoms with Crippen LogP contribution in [0.1, 0.15) is 35.5 Å². The average Bonchev–Trinajstić information content (AvgIpc) is 3.43. The molecule has 0 saturated carbocycles. The van der Waals surface area contributed by atoms with Gasteiger partial charge in [0, 0.05) is 16.8 Å². The van der Waals surface area contributed by atoms with Crippen LogP contribution in [-0.4, -0.2) is 40.6 Å². The van der Waals surface area contributed by atoms with Gasteiger partial charge in [-0.1, -0.05) is 36.7 Å². The number of Topliss-reactive ketones (excluding diaryl/α,β-unsaturated/α-hetero) is 1. The van der Waals surface area contributed by atoms with Crippen molar-refractivity contribution in [2.24, 2.45) is 11.8 Å². The van der Waals surface area contributed by atoms with Crippen LogP contribution in [0.4, 0.5) is 5.69 Å². The number of carbonyl (C=O) groups is 3. The van der Waals surface area contributed by atoms with Gasteiger partial charge in [-0.2, -0.15) is 0 Å². The fourth-order valence-corrected chi connectivity index (χ4v) is 5.93. The van der Waals surface area contributed by atoms with Gasteiger partial charge in [-0.15, -0.1) is 11.3 Å². The summed E-state index contributed by atoms with van der Waals surface area (Å²) in [6.45, 7) is 3.85. The number of hydrogen-bond acceptors (Lipinski definition) is 5. The van der Waals surface area contributed by atoms with Gasteiger partial charge in [0.05, 0.1) is 22.8 Å². The van der Waals surface area contributed by atoms with E-state index in [1.54, 1.807) is 12.1 Å². The molecule has 2 fully saturated rings. The first-order valence-corrected chi connectivity index (χ1v) is 11.4. The third kappa shape index (κ3) is 2.63. The first kappa shape index (κ1) is 19.5. The molecule has 0 spiro atoms. The minimum Gasteiger partial charge on any atom is -0.352 e. The number of amides is 2. The summed E-state index contributed by atoms with van der Waals surface area (Å²) in [5, 5.41) is 2.46. The third-order valence-corrected chi connectivity index (χ3v) is 7.69. The lowest BCUT2D eigenvalue weighted by Crippen LogP contribution is -2.50. The van der Waals surface area contributed by atoms with E-state index < -0.39 is 17.9 Å². The molecule has 3 aliphatic heterocycles. The van der Waals surface area contributed by atoms with Gasteiger partial charge in [-0.25, -0.2) is 0 Å². The Morgan fingerprint density at radius 1 is 1.20 bits per heavy atom. The summed E-state index contributed by atoms with van der Waals surface area (Å²) in [4.78, 5) is 44.5. The maximum absolute atomic E-state index is 13.6. The first-order chi connectivity index (χ1) is 14.4. The summed E-state index contributed by atoms with van der Waals surface area (Å²) in [6, 6.07) is 7.90. The molecule has 2 aromatic rings. The van der Waals surface area contributed by atoms with Gasteiger partial charge < -0.3 is 4.90 Å². The number of benzene rings is 1. The lowest BCUT2D eigenvalue weighted by molar-refractivity contribution is -0.142. The van der Waals surface area contributed by atoms with Gasteiger partial charge in [0.1, 0.15) is 6.04 Å². The number of hydrogen-bond donors (Lipinski definition) is 0. The van der Waals surface area contributed by atoms with Crippen LogP contribution in [0.3, 0.4) is 0 Å². The molecule has 0 unspecified atom stereocenters. The molecule has 5 nitrogen and oxygen atoms in total. The maximum atomic E-state index is 13.6. The highest BCUT2D eigenvalue weighted by molar-refractivity contribution is 7.12. The second-order valence-corrected chi connectivity index (χ2v) is 9.49. The smallest absolute Gasteiger partial charge is 0.236 e. The van der Waals surface area contributed by atoms with Crippen LogP contribution in [0, 0.1) is 11.8 Å². The molecule has 5 atom stereocenters. The van der Waals surface area contributed by atoms with E-state index in [4.69, 9.17) is 11.6 Å². The monoisotopic (exact) mass is 440 g/mol. The summed E-state index contributed by atoms with van der Waals surface area (Å²) < 4.78 is 0. The highest BCUT2D eigenvalue weighted by Crippen LogP contribution is 2.50. The van der Waals surface area contributed by atoms with E-state index in [-0.39, 0.29) is 29.7 Å². The number of nitrogens with zero attached hydrogens (tertiary/aromatic N) is 2. The quantitative estimate of drug-likeness (QED) is 0.526. The van der Waals surface area contributed by atoms with E-state index in [1.165, 1.54) is 16.2 Å². The van der Waals surface area contributed by atoms with Crippen LogP contribution in [0.25, 0.3) is 6.08 Å². The van der Waals surface area contributed by atoms with Crippen LogP contribution in [-0.2, 0) is 9.59 Å². The van der Waals surface area contributed by atoms with Gasteiger partial charge >= 0.3 is 0 Å². The Balaban J connectivity index is 1.66. The molecule has 2 saturated heterocycles. The molecule has 3 aliphatic rings. The second kappa shape index (κ2) is 7.06. The number of ketones is 1. The van der Waals surface area contributed by atoms with Crippen LogP contribution >= 0.6 is 22.9 Å². The molecule has 5 rings (SSSR count). The number of halogens is 1. The van der Waals surface area contributed by atoms with Crippen LogP contribution in [0.5, 0.6) is 0 Å². The average molecular weight is 441 g/mol. The molecule has 0 N–H and O–H groups in total. The fraction of sp³-hybridized carbons (Fsp3) is 0.348. The molecule has 1 aromatic heterocycles. The summed E-state index contributed by atoms with van der Waals surface area (Å²) in [5.41, 5.74) is 1.73. The molecule has 4 heterocycles. The number of imide groups is 1. The Morgan fingerprint density at radius 2 is 1.97 bits per heavy atom. The number of fused-ring (bicyclic) bond motifs is 5. The lowest BCUT2D eigenvalue weighted by atomic mass is 9.87. The minimum absolute atomic E-state index is 0.106. The number of anilines is 1. The van der Waals surface area contributed by atoms with Gasteiger partial charge in [-0.05, 0) is 48.6 Å². The Bertz CT molecular complexity index is 1080. The van der Waals surface area contributed by atoms with Crippen molar-refractivity contribution in [3.8, 4) is 0 Å². The molecule has 2 amide bonds. The van der Waals surface area contributed by atoms with Crippen LogP contribution in [0.2, 0.25) is 5.02 Å². The molecule has 0 radical (unpaired) electrons. The molecule has 0 bridgehead atoms.